The second-order valence-electron chi connectivity index (χ2n) is 6.91. The molecule has 2 heterocycles. The van der Waals surface area contributed by atoms with Crippen LogP contribution in [0.2, 0.25) is 0 Å². The highest BCUT2D eigenvalue weighted by Crippen LogP contribution is 2.26. The number of hydrogen-bond donors (Lipinski definition) is 0. The highest BCUT2D eigenvalue weighted by molar-refractivity contribution is 7.90. The number of nitrogens with zero attached hydrogens (tertiary/aromatic N) is 3. The number of terminal acetylenes is 1. The molecule has 0 bridgehead atoms. The van der Waals surface area contributed by atoms with Crippen LogP contribution in [-0.2, 0) is 16.4 Å². The van der Waals surface area contributed by atoms with Crippen molar-refractivity contribution in [1.29, 1.82) is 0 Å². The van der Waals surface area contributed by atoms with E-state index in [0.29, 0.717) is 0 Å². The molecule has 30 heavy (non-hydrogen) atoms. The van der Waals surface area contributed by atoms with Gasteiger partial charge in [-0.15, -0.1) is 6.42 Å². The Hall–Kier alpha value is -3.70. The first-order valence-corrected chi connectivity index (χ1v) is 10.5. The number of carbonyl (C=O) groups is 2. The number of imide groups is 1. The Kier molecular flexibility index (Phi) is 4.76. The molecule has 1 unspecified atom stereocenters. The lowest BCUT2D eigenvalue weighted by Gasteiger charge is -2.22. The topological polar surface area (TPSA) is 89.3 Å². The Balaban J connectivity index is 1.67. The normalized spacial score (nSPS) is 14.5. The Bertz CT molecular complexity index is 1270. The molecule has 0 spiro atoms. The minimum atomic E-state index is -3.90. The summed E-state index contributed by atoms with van der Waals surface area (Å²) in [5, 5.41) is 0. The van der Waals surface area contributed by atoms with Crippen LogP contribution in [0.5, 0.6) is 0 Å². The molecule has 0 fully saturated rings. The van der Waals surface area contributed by atoms with Crippen molar-refractivity contribution in [3.63, 3.8) is 0 Å². The SMILES string of the molecule is C#CC(Cc1cncn1S(=O)(=O)c1ccc(C)cc1)N1C(=O)c2ccccc2C1=O. The van der Waals surface area contributed by atoms with Crippen LogP contribution in [0.4, 0.5) is 0 Å². The standard InChI is InChI=1S/C22H17N3O4S/c1-3-16(25-21(26)19-6-4-5-7-20(19)22(25)27)12-17-13-23-14-24(17)30(28,29)18-10-8-15(2)9-11-18/h1,4-11,13-14,16H,12H2,2H3. The number of benzene rings is 2. The van der Waals surface area contributed by atoms with Crippen LogP contribution < -0.4 is 0 Å². The smallest absolute Gasteiger partial charge is 0.269 e. The molecule has 0 radical (unpaired) electrons. The van der Waals surface area contributed by atoms with E-state index in [1.54, 1.807) is 36.4 Å². The van der Waals surface area contributed by atoms with Gasteiger partial charge in [0.2, 0.25) is 0 Å². The fraction of sp³-hybridized carbons (Fsp3) is 0.136. The van der Waals surface area contributed by atoms with Crippen LogP contribution in [0.3, 0.4) is 0 Å². The maximum absolute atomic E-state index is 13.0. The molecule has 1 aliphatic heterocycles. The Morgan fingerprint density at radius 1 is 1.03 bits per heavy atom. The van der Waals surface area contributed by atoms with Gasteiger partial charge in [0, 0.05) is 12.6 Å². The summed E-state index contributed by atoms with van der Waals surface area (Å²) >= 11 is 0. The molecule has 3 aromatic rings. The summed E-state index contributed by atoms with van der Waals surface area (Å²) < 4.78 is 27.1. The molecule has 0 N–H and O–H groups in total. The van der Waals surface area contributed by atoms with Gasteiger partial charge in [-0.05, 0) is 31.2 Å². The summed E-state index contributed by atoms with van der Waals surface area (Å²) in [6.07, 6.45) is 8.14. The number of aromatic nitrogens is 2. The van der Waals surface area contributed by atoms with Crippen molar-refractivity contribution in [3.8, 4) is 12.3 Å². The summed E-state index contributed by atoms with van der Waals surface area (Å²) in [4.78, 5) is 30.5. The Morgan fingerprint density at radius 2 is 1.63 bits per heavy atom. The average molecular weight is 419 g/mol. The summed E-state index contributed by atoms with van der Waals surface area (Å²) in [5.74, 6) is 1.46. The van der Waals surface area contributed by atoms with Crippen molar-refractivity contribution in [2.24, 2.45) is 0 Å². The van der Waals surface area contributed by atoms with E-state index in [2.05, 4.69) is 10.9 Å². The number of aryl methyl sites for hydroxylation is 1. The minimum absolute atomic E-state index is 0.0486. The van der Waals surface area contributed by atoms with E-state index in [1.807, 2.05) is 6.92 Å². The molecule has 0 saturated carbocycles. The third kappa shape index (κ3) is 3.09. The quantitative estimate of drug-likeness (QED) is 0.468. The zero-order chi connectivity index (χ0) is 21.5. The van der Waals surface area contributed by atoms with Crippen LogP contribution in [0.15, 0.2) is 66.0 Å². The molecule has 1 aliphatic rings. The number of fused-ring (bicyclic) bond motifs is 1. The number of carbonyl (C=O) groups excluding carboxylic acids is 2. The van der Waals surface area contributed by atoms with Gasteiger partial charge in [0.25, 0.3) is 21.8 Å². The zero-order valence-corrected chi connectivity index (χ0v) is 16.8. The molecule has 4 rings (SSSR count). The molecular formula is C22H17N3O4S. The number of hydrogen-bond acceptors (Lipinski definition) is 5. The van der Waals surface area contributed by atoms with Gasteiger partial charge in [0.05, 0.1) is 21.7 Å². The predicted molar refractivity (Wildman–Crippen MR) is 109 cm³/mol. The van der Waals surface area contributed by atoms with Crippen LogP contribution in [-0.4, -0.2) is 40.1 Å². The average Bonchev–Trinajstić information content (AvgIpc) is 3.31. The summed E-state index contributed by atoms with van der Waals surface area (Å²) in [6.45, 7) is 1.86. The largest absolute Gasteiger partial charge is 0.269 e. The second-order valence-corrected chi connectivity index (χ2v) is 8.73. The molecule has 7 nitrogen and oxygen atoms in total. The Labute approximate surface area is 174 Å². The van der Waals surface area contributed by atoms with E-state index in [0.717, 1.165) is 14.4 Å². The molecule has 8 heteroatoms. The second kappa shape index (κ2) is 7.28. The van der Waals surface area contributed by atoms with Gasteiger partial charge in [0.1, 0.15) is 12.4 Å². The lowest BCUT2D eigenvalue weighted by atomic mass is 10.1. The van der Waals surface area contributed by atoms with Gasteiger partial charge in [-0.25, -0.2) is 17.4 Å². The van der Waals surface area contributed by atoms with Gasteiger partial charge in [-0.3, -0.25) is 14.5 Å². The first kappa shape index (κ1) is 19.6. The van der Waals surface area contributed by atoms with Crippen molar-refractivity contribution in [2.75, 3.05) is 0 Å². The van der Waals surface area contributed by atoms with Crippen LogP contribution in [0, 0.1) is 19.3 Å². The van der Waals surface area contributed by atoms with Gasteiger partial charge >= 0.3 is 0 Å². The van der Waals surface area contributed by atoms with E-state index >= 15 is 0 Å². The van der Waals surface area contributed by atoms with Crippen molar-refractivity contribution in [2.45, 2.75) is 24.3 Å². The molecule has 2 amide bonds. The van der Waals surface area contributed by atoms with Crippen molar-refractivity contribution in [1.82, 2.24) is 13.9 Å². The van der Waals surface area contributed by atoms with Gasteiger partial charge in [0.15, 0.2) is 0 Å². The summed E-state index contributed by atoms with van der Waals surface area (Å²) in [6, 6.07) is 11.9. The summed E-state index contributed by atoms with van der Waals surface area (Å²) in [5.41, 5.74) is 1.76. The molecule has 2 aromatic carbocycles. The van der Waals surface area contributed by atoms with E-state index in [9.17, 15) is 18.0 Å². The monoisotopic (exact) mass is 419 g/mol. The fourth-order valence-electron chi connectivity index (χ4n) is 3.41. The van der Waals surface area contributed by atoms with E-state index in [1.165, 1.54) is 24.7 Å². The van der Waals surface area contributed by atoms with Crippen molar-refractivity contribution in [3.05, 3.63) is 83.4 Å². The molecule has 0 aliphatic carbocycles. The van der Waals surface area contributed by atoms with Gasteiger partial charge in [-0.2, -0.15) is 0 Å². The molecular weight excluding hydrogens is 402 g/mol. The Morgan fingerprint density at radius 3 is 2.20 bits per heavy atom. The third-order valence-corrected chi connectivity index (χ3v) is 6.70. The molecule has 150 valence electrons. The number of amides is 2. The van der Waals surface area contributed by atoms with E-state index < -0.39 is 27.9 Å². The van der Waals surface area contributed by atoms with E-state index in [-0.39, 0.29) is 28.1 Å². The number of rotatable bonds is 5. The first-order valence-electron chi connectivity index (χ1n) is 9.11. The van der Waals surface area contributed by atoms with Gasteiger partial charge < -0.3 is 0 Å². The van der Waals surface area contributed by atoms with Crippen LogP contribution in [0.25, 0.3) is 0 Å². The molecule has 0 saturated heterocycles. The first-order chi connectivity index (χ1) is 14.3. The maximum Gasteiger partial charge on any atom is 0.269 e. The van der Waals surface area contributed by atoms with Gasteiger partial charge in [-0.1, -0.05) is 35.7 Å². The fourth-order valence-corrected chi connectivity index (χ4v) is 4.72. The summed E-state index contributed by atoms with van der Waals surface area (Å²) in [7, 11) is -3.90. The maximum atomic E-state index is 13.0. The van der Waals surface area contributed by atoms with Crippen LogP contribution in [0.1, 0.15) is 32.0 Å². The molecule has 1 aromatic heterocycles. The highest BCUT2D eigenvalue weighted by atomic mass is 32.2. The predicted octanol–water partition coefficient (Wildman–Crippen LogP) is 2.27. The van der Waals surface area contributed by atoms with Crippen molar-refractivity contribution >= 4 is 21.8 Å². The number of imidazole rings is 1. The van der Waals surface area contributed by atoms with Crippen LogP contribution >= 0.6 is 0 Å². The zero-order valence-electron chi connectivity index (χ0n) is 16.0. The van der Waals surface area contributed by atoms with Crippen molar-refractivity contribution < 1.29 is 18.0 Å². The minimum Gasteiger partial charge on any atom is -0.269 e. The third-order valence-electron chi connectivity index (χ3n) is 4.99. The lowest BCUT2D eigenvalue weighted by Crippen LogP contribution is -2.40. The highest BCUT2D eigenvalue weighted by Gasteiger charge is 2.39. The molecule has 1 atom stereocenters. The lowest BCUT2D eigenvalue weighted by molar-refractivity contribution is 0.0620. The van der Waals surface area contributed by atoms with E-state index in [4.69, 9.17) is 6.42 Å².